The Bertz CT molecular complexity index is 701. The summed E-state index contributed by atoms with van der Waals surface area (Å²) < 4.78 is 9.90. The Morgan fingerprint density at radius 3 is 2.45 bits per heavy atom. The normalized spacial score (nSPS) is 15.6. The van der Waals surface area contributed by atoms with Crippen LogP contribution in [-0.4, -0.2) is 75.7 Å². The molecular formula is C21H31N3O5. The van der Waals surface area contributed by atoms with Crippen molar-refractivity contribution in [2.24, 2.45) is 5.92 Å². The standard InChI is InChI=1S/C21H31N3O5/c1-15-6-4-5-7-17(15)20(26)23-19(21(27)22-10-13-28-2)16-8-11-24(12-9-16)18(25)14-29-3/h4-7,16,19H,8-14H2,1-3H3,(H,22,27)(H,23,26). The maximum absolute atomic E-state index is 12.8. The summed E-state index contributed by atoms with van der Waals surface area (Å²) in [5.74, 6) is -0.619. The molecular weight excluding hydrogens is 374 g/mol. The van der Waals surface area contributed by atoms with Gasteiger partial charge in [0.25, 0.3) is 5.91 Å². The minimum absolute atomic E-state index is 0.0512. The maximum atomic E-state index is 12.8. The molecule has 0 radical (unpaired) electrons. The van der Waals surface area contributed by atoms with Crippen LogP contribution in [0.25, 0.3) is 0 Å². The van der Waals surface area contributed by atoms with Crippen molar-refractivity contribution in [2.45, 2.75) is 25.8 Å². The number of amides is 3. The fraction of sp³-hybridized carbons (Fsp3) is 0.571. The quantitative estimate of drug-likeness (QED) is 0.591. The molecule has 0 spiro atoms. The molecule has 0 bridgehead atoms. The van der Waals surface area contributed by atoms with Gasteiger partial charge in [0, 0.05) is 39.4 Å². The van der Waals surface area contributed by atoms with Gasteiger partial charge in [0.1, 0.15) is 12.6 Å². The van der Waals surface area contributed by atoms with Crippen molar-refractivity contribution >= 4 is 17.7 Å². The summed E-state index contributed by atoms with van der Waals surface area (Å²) in [6.45, 7) is 3.76. The third-order valence-corrected chi connectivity index (χ3v) is 5.20. The Labute approximate surface area is 171 Å². The van der Waals surface area contributed by atoms with Crippen LogP contribution in [0.5, 0.6) is 0 Å². The molecule has 2 N–H and O–H groups in total. The Balaban J connectivity index is 2.07. The molecule has 3 amide bonds. The number of nitrogens with zero attached hydrogens (tertiary/aromatic N) is 1. The first-order valence-corrected chi connectivity index (χ1v) is 9.87. The predicted octanol–water partition coefficient (Wildman–Crippen LogP) is 0.741. The van der Waals surface area contributed by atoms with Gasteiger partial charge in [0.15, 0.2) is 0 Å². The number of methoxy groups -OCH3 is 2. The summed E-state index contributed by atoms with van der Waals surface area (Å²) in [7, 11) is 3.06. The van der Waals surface area contributed by atoms with Crippen molar-refractivity contribution < 1.29 is 23.9 Å². The molecule has 0 aromatic heterocycles. The second kappa shape index (κ2) is 11.5. The highest BCUT2D eigenvalue weighted by Gasteiger charge is 2.34. The zero-order chi connectivity index (χ0) is 21.2. The Kier molecular flexibility index (Phi) is 9.08. The highest BCUT2D eigenvalue weighted by Crippen LogP contribution is 2.22. The number of ether oxygens (including phenoxy) is 2. The van der Waals surface area contributed by atoms with Gasteiger partial charge in [-0.15, -0.1) is 0 Å². The van der Waals surface area contributed by atoms with Crippen molar-refractivity contribution in [1.82, 2.24) is 15.5 Å². The summed E-state index contributed by atoms with van der Waals surface area (Å²) in [4.78, 5) is 39.4. The fourth-order valence-electron chi connectivity index (χ4n) is 3.53. The Morgan fingerprint density at radius 1 is 1.14 bits per heavy atom. The van der Waals surface area contributed by atoms with Crippen molar-refractivity contribution in [2.75, 3.05) is 47.1 Å². The van der Waals surface area contributed by atoms with Crippen molar-refractivity contribution in [3.8, 4) is 0 Å². The van der Waals surface area contributed by atoms with E-state index >= 15 is 0 Å². The molecule has 0 saturated carbocycles. The van der Waals surface area contributed by atoms with E-state index in [4.69, 9.17) is 9.47 Å². The van der Waals surface area contributed by atoms with Gasteiger partial charge in [-0.2, -0.15) is 0 Å². The number of carbonyl (C=O) groups excluding carboxylic acids is 3. The van der Waals surface area contributed by atoms with E-state index in [1.54, 1.807) is 24.1 Å². The smallest absolute Gasteiger partial charge is 0.252 e. The molecule has 160 valence electrons. The number of piperidine rings is 1. The number of hydrogen-bond acceptors (Lipinski definition) is 5. The van der Waals surface area contributed by atoms with Gasteiger partial charge in [-0.05, 0) is 37.3 Å². The summed E-state index contributed by atoms with van der Waals surface area (Å²) >= 11 is 0. The number of nitrogens with one attached hydrogen (secondary N) is 2. The first-order chi connectivity index (χ1) is 14.0. The summed E-state index contributed by atoms with van der Waals surface area (Å²) in [5.41, 5.74) is 1.40. The summed E-state index contributed by atoms with van der Waals surface area (Å²) in [6, 6.07) is 6.61. The molecule has 1 aliphatic heterocycles. The second-order valence-electron chi connectivity index (χ2n) is 7.20. The molecule has 1 saturated heterocycles. The molecule has 1 aromatic carbocycles. The molecule has 1 fully saturated rings. The van der Waals surface area contributed by atoms with Gasteiger partial charge >= 0.3 is 0 Å². The lowest BCUT2D eigenvalue weighted by atomic mass is 9.88. The van der Waals surface area contributed by atoms with Crippen molar-refractivity contribution in [3.05, 3.63) is 35.4 Å². The molecule has 1 aliphatic rings. The van der Waals surface area contributed by atoms with Gasteiger partial charge in [0.2, 0.25) is 11.8 Å². The van der Waals surface area contributed by atoms with Crippen LogP contribution in [0.2, 0.25) is 0 Å². The monoisotopic (exact) mass is 405 g/mol. The third-order valence-electron chi connectivity index (χ3n) is 5.20. The minimum atomic E-state index is -0.668. The van der Waals surface area contributed by atoms with E-state index in [0.717, 1.165) is 5.56 Å². The first-order valence-electron chi connectivity index (χ1n) is 9.87. The number of benzene rings is 1. The topological polar surface area (TPSA) is 97.0 Å². The minimum Gasteiger partial charge on any atom is -0.383 e. The average molecular weight is 405 g/mol. The molecule has 2 rings (SSSR count). The molecule has 1 heterocycles. The van der Waals surface area contributed by atoms with E-state index in [1.807, 2.05) is 19.1 Å². The SMILES string of the molecule is COCCNC(=O)C(NC(=O)c1ccccc1C)C1CCN(C(=O)COC)CC1. The van der Waals surface area contributed by atoms with E-state index in [9.17, 15) is 14.4 Å². The van der Waals surface area contributed by atoms with Crippen LogP contribution < -0.4 is 10.6 Å². The highest BCUT2D eigenvalue weighted by atomic mass is 16.5. The van der Waals surface area contributed by atoms with Gasteiger partial charge in [0.05, 0.1) is 6.61 Å². The van der Waals surface area contributed by atoms with Crippen LogP contribution in [0.3, 0.4) is 0 Å². The number of aryl methyl sites for hydroxylation is 1. The highest BCUT2D eigenvalue weighted by molar-refractivity contribution is 5.98. The van der Waals surface area contributed by atoms with Gasteiger partial charge in [-0.25, -0.2) is 0 Å². The molecule has 1 unspecified atom stereocenters. The molecule has 0 aliphatic carbocycles. The summed E-state index contributed by atoms with van der Waals surface area (Å²) in [6.07, 6.45) is 1.26. The maximum Gasteiger partial charge on any atom is 0.252 e. The number of likely N-dealkylation sites (tertiary alicyclic amines) is 1. The van der Waals surface area contributed by atoms with Crippen LogP contribution in [0.1, 0.15) is 28.8 Å². The second-order valence-corrected chi connectivity index (χ2v) is 7.20. The number of carbonyl (C=O) groups is 3. The number of rotatable bonds is 9. The average Bonchev–Trinajstić information content (AvgIpc) is 2.72. The third kappa shape index (κ3) is 6.54. The lowest BCUT2D eigenvalue weighted by Crippen LogP contribution is -2.54. The van der Waals surface area contributed by atoms with Crippen LogP contribution in [-0.2, 0) is 19.1 Å². The van der Waals surface area contributed by atoms with E-state index in [1.165, 1.54) is 7.11 Å². The van der Waals surface area contributed by atoms with Crippen molar-refractivity contribution in [3.63, 3.8) is 0 Å². The number of hydrogen-bond donors (Lipinski definition) is 2. The van der Waals surface area contributed by atoms with E-state index in [0.29, 0.717) is 44.6 Å². The lowest BCUT2D eigenvalue weighted by Gasteiger charge is -2.35. The first kappa shape index (κ1) is 22.8. The van der Waals surface area contributed by atoms with Crippen LogP contribution in [0.4, 0.5) is 0 Å². The van der Waals surface area contributed by atoms with Gasteiger partial charge < -0.3 is 25.0 Å². The van der Waals surface area contributed by atoms with E-state index in [-0.39, 0.29) is 30.2 Å². The lowest BCUT2D eigenvalue weighted by molar-refractivity contribution is -0.136. The van der Waals surface area contributed by atoms with Crippen LogP contribution in [0, 0.1) is 12.8 Å². The van der Waals surface area contributed by atoms with Crippen LogP contribution >= 0.6 is 0 Å². The fourth-order valence-corrected chi connectivity index (χ4v) is 3.53. The van der Waals surface area contributed by atoms with Crippen molar-refractivity contribution in [1.29, 1.82) is 0 Å². The van der Waals surface area contributed by atoms with Gasteiger partial charge in [-0.1, -0.05) is 18.2 Å². The molecule has 1 aromatic rings. The Hall–Kier alpha value is -2.45. The molecule has 1 atom stereocenters. The van der Waals surface area contributed by atoms with E-state index in [2.05, 4.69) is 10.6 Å². The Morgan fingerprint density at radius 2 is 1.83 bits per heavy atom. The van der Waals surface area contributed by atoms with Gasteiger partial charge in [-0.3, -0.25) is 14.4 Å². The molecule has 8 nitrogen and oxygen atoms in total. The molecule has 29 heavy (non-hydrogen) atoms. The summed E-state index contributed by atoms with van der Waals surface area (Å²) in [5, 5.41) is 5.75. The van der Waals surface area contributed by atoms with E-state index < -0.39 is 6.04 Å². The van der Waals surface area contributed by atoms with Crippen LogP contribution in [0.15, 0.2) is 24.3 Å². The largest absolute Gasteiger partial charge is 0.383 e. The zero-order valence-electron chi connectivity index (χ0n) is 17.4. The molecule has 8 heteroatoms. The zero-order valence-corrected chi connectivity index (χ0v) is 17.4. The predicted molar refractivity (Wildman–Crippen MR) is 108 cm³/mol.